The highest BCUT2D eigenvalue weighted by atomic mass is 28.4. The van der Waals surface area contributed by atoms with Gasteiger partial charge in [0, 0.05) is 24.7 Å². The van der Waals surface area contributed by atoms with Crippen LogP contribution in [0.3, 0.4) is 0 Å². The maximum absolute atomic E-state index is 13.4. The van der Waals surface area contributed by atoms with Crippen LogP contribution in [-0.4, -0.2) is 47.5 Å². The first-order valence-corrected chi connectivity index (χ1v) is 22.6. The van der Waals surface area contributed by atoms with Gasteiger partial charge in [0.25, 0.3) is 0 Å². The summed E-state index contributed by atoms with van der Waals surface area (Å²) in [6.07, 6.45) is 5.34. The summed E-state index contributed by atoms with van der Waals surface area (Å²) >= 11 is 0. The average Bonchev–Trinajstić information content (AvgIpc) is 3.30. The van der Waals surface area contributed by atoms with Crippen LogP contribution in [0.5, 0.6) is 5.75 Å². The molecule has 0 heterocycles. The third-order valence-electron chi connectivity index (χ3n) is 10.1. The van der Waals surface area contributed by atoms with Gasteiger partial charge in [-0.3, -0.25) is 4.79 Å². The molecular formula is C37H59F3O5Si2. The van der Waals surface area contributed by atoms with Crippen LogP contribution in [0.2, 0.25) is 36.3 Å². The molecule has 1 saturated carbocycles. The highest BCUT2D eigenvalue weighted by Gasteiger charge is 2.48. The van der Waals surface area contributed by atoms with E-state index >= 15 is 0 Å². The zero-order chi connectivity index (χ0) is 35.5. The van der Waals surface area contributed by atoms with E-state index in [0.717, 1.165) is 36.7 Å². The number of alkyl halides is 3. The number of unbranched alkanes of at least 4 members (excludes halogenated alkanes) is 1. The van der Waals surface area contributed by atoms with E-state index in [2.05, 4.69) is 73.9 Å². The third-order valence-corrected chi connectivity index (χ3v) is 19.3. The van der Waals surface area contributed by atoms with Crippen LogP contribution < -0.4 is 4.74 Å². The molecule has 0 saturated heterocycles. The molecule has 5 nitrogen and oxygen atoms in total. The zero-order valence-electron chi connectivity index (χ0n) is 30.0. The summed E-state index contributed by atoms with van der Waals surface area (Å²) in [5.74, 6) is -0.209. The summed E-state index contributed by atoms with van der Waals surface area (Å²) in [6.45, 7) is 25.3. The number of ether oxygens (including phenoxy) is 2. The Morgan fingerprint density at radius 1 is 1.04 bits per heavy atom. The van der Waals surface area contributed by atoms with Crippen molar-refractivity contribution in [1.29, 1.82) is 0 Å². The SMILES string of the molecule is C=CCCCC(=O)O[C@H]1C[C@@H](O[Si](C)(C)C(C)(C)C)[C@@H](C=C[C@H](COc2cccc(C(F)(F)F)c2)O[Si](CC)(CC)CC)[C@H]1CC=C. The molecule has 2 rings (SSSR count). The van der Waals surface area contributed by atoms with E-state index in [-0.39, 0.29) is 47.4 Å². The Bertz CT molecular complexity index is 1160. The number of carbonyl (C=O) groups excluding carboxylic acids is 1. The van der Waals surface area contributed by atoms with Crippen molar-refractivity contribution in [2.24, 2.45) is 11.8 Å². The zero-order valence-corrected chi connectivity index (χ0v) is 32.0. The topological polar surface area (TPSA) is 54.0 Å². The summed E-state index contributed by atoms with van der Waals surface area (Å²) in [5.41, 5.74) is -0.753. The molecule has 1 aliphatic carbocycles. The molecule has 1 aromatic carbocycles. The van der Waals surface area contributed by atoms with Gasteiger partial charge in [0.05, 0.1) is 17.8 Å². The van der Waals surface area contributed by atoms with E-state index in [0.29, 0.717) is 25.7 Å². The van der Waals surface area contributed by atoms with Crippen LogP contribution in [0.4, 0.5) is 13.2 Å². The van der Waals surface area contributed by atoms with Crippen molar-refractivity contribution >= 4 is 22.6 Å². The van der Waals surface area contributed by atoms with Gasteiger partial charge >= 0.3 is 12.1 Å². The molecule has 0 amide bonds. The molecule has 0 aromatic heterocycles. The highest BCUT2D eigenvalue weighted by molar-refractivity contribution is 6.74. The fraction of sp³-hybridized carbons (Fsp3) is 0.649. The van der Waals surface area contributed by atoms with Gasteiger partial charge in [-0.2, -0.15) is 13.2 Å². The Morgan fingerprint density at radius 2 is 1.70 bits per heavy atom. The second-order valence-electron chi connectivity index (χ2n) is 14.2. The monoisotopic (exact) mass is 696 g/mol. The van der Waals surface area contributed by atoms with Crippen LogP contribution in [0, 0.1) is 11.8 Å². The minimum atomic E-state index is -4.46. The Balaban J connectivity index is 2.48. The van der Waals surface area contributed by atoms with Crippen molar-refractivity contribution < 1.29 is 36.3 Å². The third kappa shape index (κ3) is 12.0. The van der Waals surface area contributed by atoms with Crippen LogP contribution in [0.15, 0.2) is 61.7 Å². The fourth-order valence-electron chi connectivity index (χ4n) is 5.93. The lowest BCUT2D eigenvalue weighted by Gasteiger charge is -2.40. The summed E-state index contributed by atoms with van der Waals surface area (Å²) in [7, 11) is -4.33. The van der Waals surface area contributed by atoms with Crippen molar-refractivity contribution in [3.63, 3.8) is 0 Å². The smallest absolute Gasteiger partial charge is 0.416 e. The molecule has 5 atom stereocenters. The van der Waals surface area contributed by atoms with Gasteiger partial charge in [-0.25, -0.2) is 0 Å². The van der Waals surface area contributed by atoms with Crippen LogP contribution >= 0.6 is 0 Å². The number of benzene rings is 1. The standard InChI is InChI=1S/C37H59F3O5Si2/c1-11-16-17-22-35(41)43-33-26-34(45-46(9,10)36(6,7)8)32(31(33)19-12-2)24-23-30(44-47(13-3,14-4)15-5)27-42-29-21-18-20-28(25-29)37(38,39)40/h11-12,18,20-21,23-25,30-34H,1-2,13-17,19,22,26-27H2,3-10H3/t30-,31-,32+,33+,34-/m1/s1. The molecule has 47 heavy (non-hydrogen) atoms. The van der Waals surface area contributed by atoms with Gasteiger partial charge in [0.1, 0.15) is 18.5 Å². The lowest BCUT2D eigenvalue weighted by Crippen LogP contribution is -2.45. The highest BCUT2D eigenvalue weighted by Crippen LogP contribution is 2.45. The molecule has 0 bridgehead atoms. The Labute approximate surface area is 284 Å². The Hall–Kier alpha value is -2.15. The van der Waals surface area contributed by atoms with Gasteiger partial charge < -0.3 is 18.3 Å². The number of carbonyl (C=O) groups is 1. The van der Waals surface area contributed by atoms with E-state index in [1.807, 2.05) is 12.2 Å². The van der Waals surface area contributed by atoms with E-state index < -0.39 is 34.5 Å². The molecule has 1 aliphatic rings. The first kappa shape index (κ1) is 41.0. The second kappa shape index (κ2) is 18.0. The molecule has 0 N–H and O–H groups in total. The number of hydrogen-bond acceptors (Lipinski definition) is 5. The molecular weight excluding hydrogens is 638 g/mol. The van der Waals surface area contributed by atoms with Gasteiger partial charge in [-0.05, 0) is 73.7 Å². The largest absolute Gasteiger partial charge is 0.491 e. The van der Waals surface area contributed by atoms with Crippen molar-refractivity contribution in [2.75, 3.05) is 6.61 Å². The molecule has 0 radical (unpaired) electrons. The fourth-order valence-corrected chi connectivity index (χ4v) is 10.1. The maximum Gasteiger partial charge on any atom is 0.416 e. The van der Waals surface area contributed by atoms with Crippen molar-refractivity contribution in [3.8, 4) is 5.75 Å². The van der Waals surface area contributed by atoms with E-state index in [1.54, 1.807) is 6.08 Å². The normalized spacial score (nSPS) is 21.5. The minimum absolute atomic E-state index is 0.0202. The van der Waals surface area contributed by atoms with Gasteiger partial charge in [0.15, 0.2) is 16.6 Å². The Kier molecular flexibility index (Phi) is 15.7. The molecule has 266 valence electrons. The van der Waals surface area contributed by atoms with Gasteiger partial charge in [-0.1, -0.05) is 71.9 Å². The summed E-state index contributed by atoms with van der Waals surface area (Å²) < 4.78 is 66.1. The van der Waals surface area contributed by atoms with E-state index in [9.17, 15) is 18.0 Å². The first-order chi connectivity index (χ1) is 22.0. The Morgan fingerprint density at radius 3 is 2.26 bits per heavy atom. The molecule has 0 unspecified atom stereocenters. The lowest BCUT2D eigenvalue weighted by atomic mass is 9.90. The van der Waals surface area contributed by atoms with Crippen molar-refractivity contribution in [1.82, 2.24) is 0 Å². The number of hydrogen-bond donors (Lipinski definition) is 0. The maximum atomic E-state index is 13.4. The second-order valence-corrected chi connectivity index (χ2v) is 23.7. The predicted molar refractivity (Wildman–Crippen MR) is 191 cm³/mol. The predicted octanol–water partition coefficient (Wildman–Crippen LogP) is 10.9. The number of esters is 1. The molecule has 0 spiro atoms. The summed E-state index contributed by atoms with van der Waals surface area (Å²) in [5, 5.41) is -0.0202. The number of halogens is 3. The van der Waals surface area contributed by atoms with Crippen LogP contribution in [-0.2, 0) is 24.6 Å². The van der Waals surface area contributed by atoms with Gasteiger partial charge in [0.2, 0.25) is 0 Å². The van der Waals surface area contributed by atoms with Crippen LogP contribution in [0.1, 0.15) is 79.2 Å². The van der Waals surface area contributed by atoms with Crippen molar-refractivity contribution in [2.45, 2.75) is 134 Å². The molecule has 0 aliphatic heterocycles. The molecule has 1 fully saturated rings. The number of allylic oxidation sites excluding steroid dienone is 2. The minimum Gasteiger partial charge on any atom is -0.491 e. The molecule has 10 heteroatoms. The van der Waals surface area contributed by atoms with Crippen molar-refractivity contribution in [3.05, 3.63) is 67.3 Å². The van der Waals surface area contributed by atoms with E-state index in [1.165, 1.54) is 12.1 Å². The van der Waals surface area contributed by atoms with Crippen LogP contribution in [0.25, 0.3) is 0 Å². The van der Waals surface area contributed by atoms with Gasteiger partial charge in [-0.15, -0.1) is 13.2 Å². The first-order valence-electron chi connectivity index (χ1n) is 17.2. The summed E-state index contributed by atoms with van der Waals surface area (Å²) in [4.78, 5) is 12.9. The lowest BCUT2D eigenvalue weighted by molar-refractivity contribution is -0.151. The van der Waals surface area contributed by atoms with E-state index in [4.69, 9.17) is 18.3 Å². The average molecular weight is 697 g/mol. The summed E-state index contributed by atoms with van der Waals surface area (Å²) in [6, 6.07) is 7.70. The quantitative estimate of drug-likeness (QED) is 0.0624. The molecule has 1 aromatic rings. The number of rotatable bonds is 19.